The second kappa shape index (κ2) is 4.73. The summed E-state index contributed by atoms with van der Waals surface area (Å²) >= 11 is 0. The Morgan fingerprint density at radius 2 is 2.36 bits per heavy atom. The Kier molecular flexibility index (Phi) is 3.87. The van der Waals surface area contributed by atoms with Crippen LogP contribution in [0.15, 0.2) is 0 Å². The number of likely N-dealkylation sites (N-methyl/N-ethyl adjacent to an activating group) is 1. The van der Waals surface area contributed by atoms with E-state index in [-0.39, 0.29) is 0 Å². The molecule has 0 aromatic carbocycles. The van der Waals surface area contributed by atoms with Crippen LogP contribution in [0, 0.1) is 0 Å². The Labute approximate surface area is 70.0 Å². The molecule has 66 valence electrons. The van der Waals surface area contributed by atoms with E-state index >= 15 is 0 Å². The fourth-order valence-corrected chi connectivity index (χ4v) is 1.68. The van der Waals surface area contributed by atoms with Crippen molar-refractivity contribution in [3.63, 3.8) is 0 Å². The van der Waals surface area contributed by atoms with Gasteiger partial charge in [0.2, 0.25) is 0 Å². The third-order valence-electron chi connectivity index (χ3n) is 2.48. The smallest absolute Gasteiger partial charge is 0.0218 e. The van der Waals surface area contributed by atoms with E-state index in [1.165, 1.54) is 38.9 Å². The summed E-state index contributed by atoms with van der Waals surface area (Å²) in [4.78, 5) is 2.46. The van der Waals surface area contributed by atoms with Gasteiger partial charge >= 0.3 is 0 Å². The topological polar surface area (TPSA) is 15.3 Å². The molecule has 2 heteroatoms. The zero-order valence-electron chi connectivity index (χ0n) is 7.77. The van der Waals surface area contributed by atoms with E-state index in [9.17, 15) is 0 Å². The molecule has 1 rings (SSSR count). The Balaban J connectivity index is 2.05. The van der Waals surface area contributed by atoms with Gasteiger partial charge in [-0.1, -0.05) is 6.92 Å². The normalized spacial score (nSPS) is 26.2. The minimum Gasteiger partial charge on any atom is -0.315 e. The van der Waals surface area contributed by atoms with Crippen molar-refractivity contribution in [2.24, 2.45) is 0 Å². The minimum absolute atomic E-state index is 0.807. The lowest BCUT2D eigenvalue weighted by Gasteiger charge is -2.19. The lowest BCUT2D eigenvalue weighted by atomic mass is 10.2. The van der Waals surface area contributed by atoms with Gasteiger partial charge in [-0.05, 0) is 39.4 Å². The highest BCUT2D eigenvalue weighted by atomic mass is 15.2. The van der Waals surface area contributed by atoms with Gasteiger partial charge in [-0.15, -0.1) is 0 Å². The van der Waals surface area contributed by atoms with E-state index in [0.717, 1.165) is 6.04 Å². The Bertz CT molecular complexity index is 104. The summed E-state index contributed by atoms with van der Waals surface area (Å²) < 4.78 is 0. The van der Waals surface area contributed by atoms with Crippen molar-refractivity contribution >= 4 is 0 Å². The zero-order chi connectivity index (χ0) is 8.10. The maximum Gasteiger partial charge on any atom is 0.0218 e. The molecular formula is C9H20N2. The fraction of sp³-hybridized carbons (Fsp3) is 1.00. The Morgan fingerprint density at radius 3 is 2.91 bits per heavy atom. The summed E-state index contributed by atoms with van der Waals surface area (Å²) in [6.07, 6.45) is 4.01. The Hall–Kier alpha value is -0.0800. The van der Waals surface area contributed by atoms with E-state index < -0.39 is 0 Å². The molecule has 0 aromatic rings. The summed E-state index contributed by atoms with van der Waals surface area (Å²) in [5, 5.41) is 3.47. The fourth-order valence-electron chi connectivity index (χ4n) is 1.68. The lowest BCUT2D eigenvalue weighted by Crippen LogP contribution is -2.35. The van der Waals surface area contributed by atoms with Crippen molar-refractivity contribution < 1.29 is 0 Å². The molecule has 11 heavy (non-hydrogen) atoms. The molecule has 1 aliphatic heterocycles. The van der Waals surface area contributed by atoms with Crippen molar-refractivity contribution in [2.45, 2.75) is 32.2 Å². The first-order valence-electron chi connectivity index (χ1n) is 4.75. The van der Waals surface area contributed by atoms with E-state index in [4.69, 9.17) is 0 Å². The van der Waals surface area contributed by atoms with Gasteiger partial charge in [0.15, 0.2) is 0 Å². The number of nitrogens with one attached hydrogen (secondary N) is 1. The summed E-state index contributed by atoms with van der Waals surface area (Å²) in [6.45, 7) is 5.86. The molecule has 1 N–H and O–H groups in total. The summed E-state index contributed by atoms with van der Waals surface area (Å²) in [6, 6.07) is 0.807. The molecule has 1 fully saturated rings. The molecule has 1 atom stereocenters. The first-order valence-corrected chi connectivity index (χ1v) is 4.75. The number of likely N-dealkylation sites (tertiary alicyclic amines) is 1. The third-order valence-corrected chi connectivity index (χ3v) is 2.48. The molecule has 0 aliphatic carbocycles. The van der Waals surface area contributed by atoms with Crippen LogP contribution >= 0.6 is 0 Å². The van der Waals surface area contributed by atoms with Crippen LogP contribution in [0.4, 0.5) is 0 Å². The standard InChI is InChI=1S/C9H20N2/c1-3-6-10-8-9-5-4-7-11(9)2/h9-10H,3-8H2,1-2H3/t9-/m1/s1. The predicted molar refractivity (Wildman–Crippen MR) is 48.8 cm³/mol. The second-order valence-electron chi connectivity index (χ2n) is 3.48. The quantitative estimate of drug-likeness (QED) is 0.613. The minimum atomic E-state index is 0.807. The van der Waals surface area contributed by atoms with Crippen LogP contribution in [-0.4, -0.2) is 37.6 Å². The molecule has 0 saturated carbocycles. The molecule has 0 radical (unpaired) electrons. The number of nitrogens with zero attached hydrogens (tertiary/aromatic N) is 1. The maximum atomic E-state index is 3.47. The van der Waals surface area contributed by atoms with Gasteiger partial charge in [-0.25, -0.2) is 0 Å². The highest BCUT2D eigenvalue weighted by molar-refractivity contribution is 4.77. The second-order valence-corrected chi connectivity index (χ2v) is 3.48. The van der Waals surface area contributed by atoms with Crippen molar-refractivity contribution in [2.75, 3.05) is 26.7 Å². The summed E-state index contributed by atoms with van der Waals surface area (Å²) in [5.74, 6) is 0. The van der Waals surface area contributed by atoms with Crippen LogP contribution in [0.25, 0.3) is 0 Å². The van der Waals surface area contributed by atoms with E-state index in [0.29, 0.717) is 0 Å². The van der Waals surface area contributed by atoms with Gasteiger partial charge in [0.25, 0.3) is 0 Å². The average Bonchev–Trinajstić information content (AvgIpc) is 2.37. The average molecular weight is 156 g/mol. The first kappa shape index (κ1) is 9.01. The molecule has 2 nitrogen and oxygen atoms in total. The monoisotopic (exact) mass is 156 g/mol. The van der Waals surface area contributed by atoms with Crippen LogP contribution in [0.1, 0.15) is 26.2 Å². The SMILES string of the molecule is CCCNC[C@H]1CCCN1C. The maximum absolute atomic E-state index is 3.47. The van der Waals surface area contributed by atoms with Gasteiger partial charge in [-0.2, -0.15) is 0 Å². The summed E-state index contributed by atoms with van der Waals surface area (Å²) in [7, 11) is 2.23. The molecule has 0 unspecified atom stereocenters. The van der Waals surface area contributed by atoms with Crippen molar-refractivity contribution in [1.29, 1.82) is 0 Å². The lowest BCUT2D eigenvalue weighted by molar-refractivity contribution is 0.301. The number of rotatable bonds is 4. The van der Waals surface area contributed by atoms with Gasteiger partial charge in [0.1, 0.15) is 0 Å². The molecule has 0 bridgehead atoms. The first-order chi connectivity index (χ1) is 5.34. The molecular weight excluding hydrogens is 136 g/mol. The molecule has 0 amide bonds. The molecule has 1 heterocycles. The van der Waals surface area contributed by atoms with E-state index in [1.807, 2.05) is 0 Å². The molecule has 1 saturated heterocycles. The van der Waals surface area contributed by atoms with Crippen LogP contribution in [0.3, 0.4) is 0 Å². The molecule has 1 aliphatic rings. The van der Waals surface area contributed by atoms with Crippen molar-refractivity contribution in [3.05, 3.63) is 0 Å². The zero-order valence-corrected chi connectivity index (χ0v) is 7.77. The van der Waals surface area contributed by atoms with Crippen LogP contribution < -0.4 is 5.32 Å². The number of hydrogen-bond acceptors (Lipinski definition) is 2. The van der Waals surface area contributed by atoms with Gasteiger partial charge in [0, 0.05) is 12.6 Å². The van der Waals surface area contributed by atoms with Crippen LogP contribution in [0.2, 0.25) is 0 Å². The van der Waals surface area contributed by atoms with Crippen LogP contribution in [-0.2, 0) is 0 Å². The van der Waals surface area contributed by atoms with E-state index in [2.05, 4.69) is 24.2 Å². The highest BCUT2D eigenvalue weighted by Gasteiger charge is 2.19. The van der Waals surface area contributed by atoms with Gasteiger partial charge in [-0.3, -0.25) is 0 Å². The number of hydrogen-bond donors (Lipinski definition) is 1. The largest absolute Gasteiger partial charge is 0.315 e. The van der Waals surface area contributed by atoms with Crippen LogP contribution in [0.5, 0.6) is 0 Å². The third kappa shape index (κ3) is 2.80. The van der Waals surface area contributed by atoms with Gasteiger partial charge in [0.05, 0.1) is 0 Å². The Morgan fingerprint density at radius 1 is 1.55 bits per heavy atom. The van der Waals surface area contributed by atoms with Gasteiger partial charge < -0.3 is 10.2 Å². The molecule has 0 spiro atoms. The highest BCUT2D eigenvalue weighted by Crippen LogP contribution is 2.13. The predicted octanol–water partition coefficient (Wildman–Crippen LogP) is 1.08. The van der Waals surface area contributed by atoms with Crippen molar-refractivity contribution in [3.8, 4) is 0 Å². The van der Waals surface area contributed by atoms with E-state index in [1.54, 1.807) is 0 Å². The van der Waals surface area contributed by atoms with Crippen molar-refractivity contribution in [1.82, 2.24) is 10.2 Å². The molecule has 0 aromatic heterocycles. The summed E-state index contributed by atoms with van der Waals surface area (Å²) in [5.41, 5.74) is 0.